The number of hydrogen-bond acceptors (Lipinski definition) is 5. The first kappa shape index (κ1) is 34.8. The van der Waals surface area contributed by atoms with Crippen molar-refractivity contribution in [2.24, 2.45) is 0 Å². The molecule has 0 unspecified atom stereocenters. The van der Waals surface area contributed by atoms with Crippen LogP contribution >= 0.6 is 0 Å². The van der Waals surface area contributed by atoms with Crippen molar-refractivity contribution in [3.05, 3.63) is 187 Å². The minimum absolute atomic E-state index is 0.0316. The van der Waals surface area contributed by atoms with E-state index in [0.29, 0.717) is 0 Å². The number of para-hydroxylation sites is 5. The van der Waals surface area contributed by atoms with E-state index in [1.54, 1.807) is 12.1 Å². The lowest BCUT2D eigenvalue weighted by atomic mass is 10.0. The molecule has 11 rings (SSSR count). The van der Waals surface area contributed by atoms with E-state index in [9.17, 15) is 24.2 Å². The molecular weight excluding hydrogens is 761 g/mol. The summed E-state index contributed by atoms with van der Waals surface area (Å²) < 4.78 is 35.5. The minimum atomic E-state index is -4.36. The first-order valence-electron chi connectivity index (χ1n) is 19.2. The minimum Gasteiger partial charge on any atom is -0.308 e. The van der Waals surface area contributed by atoms with Crippen molar-refractivity contribution in [3.8, 4) is 35.3 Å². The van der Waals surface area contributed by atoms with Gasteiger partial charge in [0.1, 0.15) is 17.0 Å². The summed E-state index contributed by atoms with van der Waals surface area (Å²) in [6.45, 7) is 0. The number of fused-ring (bicyclic) bond motifs is 12. The molecule has 3 heterocycles. The molecular formula is C51H28N6O2S. The molecule has 60 heavy (non-hydrogen) atoms. The topological polar surface area (TPSA) is 120 Å². The molecule has 0 radical (unpaired) electrons. The zero-order chi connectivity index (χ0) is 40.7. The predicted octanol–water partition coefficient (Wildman–Crippen LogP) is 11.4. The third kappa shape index (κ3) is 4.77. The quantitative estimate of drug-likeness (QED) is 0.172. The Morgan fingerprint density at radius 1 is 0.400 bits per heavy atom. The number of sulfone groups is 1. The lowest BCUT2D eigenvalue weighted by molar-refractivity contribution is 0.595. The van der Waals surface area contributed by atoms with Gasteiger partial charge in [0.05, 0.1) is 60.8 Å². The van der Waals surface area contributed by atoms with Crippen LogP contribution in [0.25, 0.3) is 82.5 Å². The van der Waals surface area contributed by atoms with Crippen LogP contribution in [0.1, 0.15) is 16.7 Å². The highest BCUT2D eigenvalue weighted by Gasteiger charge is 2.30. The van der Waals surface area contributed by atoms with E-state index in [-0.39, 0.29) is 21.6 Å². The number of rotatable bonds is 5. The zero-order valence-corrected chi connectivity index (χ0v) is 32.4. The van der Waals surface area contributed by atoms with Gasteiger partial charge in [-0.05, 0) is 78.9 Å². The predicted molar refractivity (Wildman–Crippen MR) is 235 cm³/mol. The van der Waals surface area contributed by atoms with Crippen LogP contribution in [0.3, 0.4) is 0 Å². The fraction of sp³-hybridized carbons (Fsp3) is 0. The molecule has 0 aliphatic carbocycles. The average Bonchev–Trinajstić information content (AvgIpc) is 3.95. The van der Waals surface area contributed by atoms with E-state index >= 15 is 0 Å². The Hall–Kier alpha value is -8.42. The zero-order valence-electron chi connectivity index (χ0n) is 31.6. The number of aromatic nitrogens is 3. The highest BCUT2D eigenvalue weighted by Crippen LogP contribution is 2.50. The second-order valence-corrected chi connectivity index (χ2v) is 16.5. The van der Waals surface area contributed by atoms with Gasteiger partial charge < -0.3 is 13.7 Å². The highest BCUT2D eigenvalue weighted by molar-refractivity contribution is 7.91. The van der Waals surface area contributed by atoms with E-state index in [0.717, 1.165) is 82.5 Å². The maximum Gasteiger partial charge on any atom is 0.209 e. The Labute approximate surface area is 343 Å². The molecule has 0 aliphatic rings. The summed E-state index contributed by atoms with van der Waals surface area (Å²) in [5.74, 6) is 0. The van der Waals surface area contributed by atoms with E-state index in [1.807, 2.05) is 36.4 Å². The third-order valence-corrected chi connectivity index (χ3v) is 13.4. The summed E-state index contributed by atoms with van der Waals surface area (Å²) in [6, 6.07) is 60.9. The first-order chi connectivity index (χ1) is 29.4. The van der Waals surface area contributed by atoms with E-state index < -0.39 is 14.7 Å². The number of nitriles is 3. The van der Waals surface area contributed by atoms with Gasteiger partial charge in [0.15, 0.2) is 0 Å². The third-order valence-electron chi connectivity index (χ3n) is 11.5. The van der Waals surface area contributed by atoms with Gasteiger partial charge in [0, 0.05) is 49.4 Å². The van der Waals surface area contributed by atoms with Crippen molar-refractivity contribution in [1.82, 2.24) is 13.7 Å². The number of nitrogens with zero attached hydrogens (tertiary/aromatic N) is 6. The van der Waals surface area contributed by atoms with E-state index in [1.165, 1.54) is 24.3 Å². The molecule has 0 N–H and O–H groups in total. The summed E-state index contributed by atoms with van der Waals surface area (Å²) in [6.07, 6.45) is 0. The number of hydrogen-bond donors (Lipinski definition) is 0. The molecule has 3 aromatic heterocycles. The normalized spacial score (nSPS) is 11.8. The Morgan fingerprint density at radius 3 is 1.12 bits per heavy atom. The van der Waals surface area contributed by atoms with Gasteiger partial charge in [0.25, 0.3) is 0 Å². The van der Waals surface area contributed by atoms with Crippen molar-refractivity contribution in [3.63, 3.8) is 0 Å². The van der Waals surface area contributed by atoms with Crippen LogP contribution in [-0.4, -0.2) is 22.1 Å². The molecule has 0 saturated carbocycles. The fourth-order valence-electron chi connectivity index (χ4n) is 9.15. The Morgan fingerprint density at radius 2 is 0.750 bits per heavy atom. The van der Waals surface area contributed by atoms with Crippen LogP contribution in [0.15, 0.2) is 180 Å². The van der Waals surface area contributed by atoms with Gasteiger partial charge in [-0.15, -0.1) is 0 Å². The average molecular weight is 789 g/mol. The second kappa shape index (κ2) is 13.1. The Balaban J connectivity index is 1.32. The van der Waals surface area contributed by atoms with Gasteiger partial charge in [0.2, 0.25) is 9.84 Å². The molecule has 0 saturated heterocycles. The van der Waals surface area contributed by atoms with Crippen LogP contribution in [0.5, 0.6) is 0 Å². The van der Waals surface area contributed by atoms with Crippen molar-refractivity contribution in [2.45, 2.75) is 9.79 Å². The van der Waals surface area contributed by atoms with Crippen molar-refractivity contribution >= 4 is 75.3 Å². The summed E-state index contributed by atoms with van der Waals surface area (Å²) in [5, 5.41) is 35.8. The summed E-state index contributed by atoms with van der Waals surface area (Å²) in [7, 11) is -4.36. The maximum atomic E-state index is 14.3. The van der Waals surface area contributed by atoms with Gasteiger partial charge in [-0.1, -0.05) is 91.0 Å². The molecule has 280 valence electrons. The number of benzene rings is 8. The van der Waals surface area contributed by atoms with Gasteiger partial charge in [-0.2, -0.15) is 15.8 Å². The van der Waals surface area contributed by atoms with Crippen LogP contribution < -0.4 is 0 Å². The summed E-state index contributed by atoms with van der Waals surface area (Å²) in [4.78, 5) is -0.496. The van der Waals surface area contributed by atoms with Crippen molar-refractivity contribution in [1.29, 1.82) is 15.8 Å². The molecule has 8 nitrogen and oxygen atoms in total. The Kier molecular flexibility index (Phi) is 7.57. The molecule has 11 aromatic rings. The van der Waals surface area contributed by atoms with E-state index in [2.05, 4.69) is 129 Å². The lowest BCUT2D eigenvalue weighted by Crippen LogP contribution is -2.08. The fourth-order valence-corrected chi connectivity index (χ4v) is 10.7. The van der Waals surface area contributed by atoms with Crippen LogP contribution in [-0.2, 0) is 9.84 Å². The highest BCUT2D eigenvalue weighted by atomic mass is 32.2. The summed E-state index contributed by atoms with van der Waals surface area (Å²) >= 11 is 0. The van der Waals surface area contributed by atoms with Crippen LogP contribution in [0.2, 0.25) is 0 Å². The maximum absolute atomic E-state index is 14.3. The molecule has 0 spiro atoms. The molecule has 8 aromatic carbocycles. The van der Waals surface area contributed by atoms with E-state index in [4.69, 9.17) is 0 Å². The molecule has 0 bridgehead atoms. The molecule has 0 atom stereocenters. The SMILES string of the molecule is N#Cc1cc(C#N)c(S(=O)(=O)c2ccc(-n3c4ccccc4c4c5c(c6ccccc6n5-c5ccccc5)c5c(c6ccccc6n5-c5ccccc5)c43)cc2)c(C#N)c1. The summed E-state index contributed by atoms with van der Waals surface area (Å²) in [5.41, 5.74) is 8.40. The molecule has 0 amide bonds. The van der Waals surface area contributed by atoms with Crippen LogP contribution in [0.4, 0.5) is 0 Å². The smallest absolute Gasteiger partial charge is 0.209 e. The molecule has 9 heteroatoms. The largest absolute Gasteiger partial charge is 0.308 e. The van der Waals surface area contributed by atoms with Gasteiger partial charge >= 0.3 is 0 Å². The van der Waals surface area contributed by atoms with Crippen LogP contribution in [0, 0.1) is 34.0 Å². The molecule has 0 fully saturated rings. The lowest BCUT2D eigenvalue weighted by Gasteiger charge is -2.14. The molecule has 0 aliphatic heterocycles. The standard InChI is InChI=1S/C51H28N6O2S/c52-29-32-27-33(30-53)51(34(28-32)31-54)60(58,59)38-25-23-37(24-26-38)57-44-22-12-9-19-41(44)47-49-45(39-17-7-10-20-42(39)55(49)35-13-3-1-4-14-35)48-46(50(47)57)40-18-8-11-21-43(40)56(48)36-15-5-2-6-16-36/h1-28H. The van der Waals surface area contributed by atoms with Crippen molar-refractivity contribution < 1.29 is 8.42 Å². The van der Waals surface area contributed by atoms with Gasteiger partial charge in [-0.25, -0.2) is 8.42 Å². The first-order valence-corrected chi connectivity index (χ1v) is 20.7. The second-order valence-electron chi connectivity index (χ2n) is 14.6. The van der Waals surface area contributed by atoms with Gasteiger partial charge in [-0.3, -0.25) is 0 Å². The Bertz CT molecular complexity index is 3750. The van der Waals surface area contributed by atoms with Crippen molar-refractivity contribution in [2.75, 3.05) is 0 Å². The monoisotopic (exact) mass is 788 g/mol.